The third-order valence-corrected chi connectivity index (χ3v) is 5.63. The molecule has 3 N–H and O–H groups in total. The molecule has 0 aromatic heterocycles. The maximum Gasteiger partial charge on any atom is 0.191 e. The Hall–Kier alpha value is -1.68. The maximum absolute atomic E-state index is 9.41. The summed E-state index contributed by atoms with van der Waals surface area (Å²) in [5.41, 5.74) is 3.48. The second kappa shape index (κ2) is 14.5. The molecule has 0 amide bonds. The third kappa shape index (κ3) is 8.69. The van der Waals surface area contributed by atoms with Gasteiger partial charge in [-0.15, -0.1) is 24.0 Å². The Morgan fingerprint density at radius 2 is 1.72 bits per heavy atom. The van der Waals surface area contributed by atoms with Gasteiger partial charge in [0.05, 0.1) is 26.4 Å². The van der Waals surface area contributed by atoms with Crippen molar-refractivity contribution in [1.82, 2.24) is 10.6 Å². The zero-order chi connectivity index (χ0) is 21.8. The first-order chi connectivity index (χ1) is 15.2. The number of hydrogen-bond donors (Lipinski definition) is 3. The molecule has 0 radical (unpaired) electrons. The number of ether oxygens (including phenoxy) is 2. The van der Waals surface area contributed by atoms with Crippen LogP contribution < -0.4 is 10.6 Å². The van der Waals surface area contributed by atoms with Crippen LogP contribution in [0.25, 0.3) is 0 Å². The van der Waals surface area contributed by atoms with Crippen LogP contribution in [0.3, 0.4) is 0 Å². The Labute approximate surface area is 208 Å². The van der Waals surface area contributed by atoms with Gasteiger partial charge in [-0.25, -0.2) is 4.99 Å². The Morgan fingerprint density at radius 3 is 2.34 bits per heavy atom. The van der Waals surface area contributed by atoms with Crippen LogP contribution in [-0.2, 0) is 29.2 Å². The van der Waals surface area contributed by atoms with Crippen LogP contribution >= 0.6 is 24.0 Å². The zero-order valence-electron chi connectivity index (χ0n) is 18.9. The van der Waals surface area contributed by atoms with Crippen molar-refractivity contribution in [2.24, 2.45) is 10.4 Å². The van der Waals surface area contributed by atoms with Crippen LogP contribution in [0.5, 0.6) is 0 Å². The Bertz CT molecular complexity index is 794. The van der Waals surface area contributed by atoms with Crippen LogP contribution in [0.2, 0.25) is 0 Å². The minimum absolute atomic E-state index is 0. The summed E-state index contributed by atoms with van der Waals surface area (Å²) in [5.74, 6) is 0.794. The summed E-state index contributed by atoms with van der Waals surface area (Å²) >= 11 is 0. The standard InChI is InChI=1S/C25H35N3O3.HI/c1-2-26-24(28-19-25(12-14-29)13-15-30-20-25)27-16-21-8-10-23(11-9-21)18-31-17-22-6-4-3-5-7-22;/h3-11,29H,2,12-20H2,1H3,(H2,26,27,28);1H. The number of aliphatic imine (C=N–C) groups is 1. The van der Waals surface area contributed by atoms with E-state index >= 15 is 0 Å². The molecular formula is C25H36IN3O3. The summed E-state index contributed by atoms with van der Waals surface area (Å²) in [4.78, 5) is 4.73. The minimum Gasteiger partial charge on any atom is -0.396 e. The van der Waals surface area contributed by atoms with E-state index in [1.807, 2.05) is 18.2 Å². The average molecular weight is 553 g/mol. The van der Waals surface area contributed by atoms with Crippen LogP contribution in [-0.4, -0.2) is 44.0 Å². The number of benzene rings is 2. The van der Waals surface area contributed by atoms with Gasteiger partial charge in [0.25, 0.3) is 0 Å². The molecule has 0 spiro atoms. The molecule has 0 aliphatic carbocycles. The Kier molecular flexibility index (Phi) is 12.0. The van der Waals surface area contributed by atoms with Crippen LogP contribution in [0.4, 0.5) is 0 Å². The first-order valence-corrected chi connectivity index (χ1v) is 11.1. The summed E-state index contributed by atoms with van der Waals surface area (Å²) in [6, 6.07) is 18.6. The summed E-state index contributed by atoms with van der Waals surface area (Å²) in [6.07, 6.45) is 1.71. The molecule has 3 rings (SSSR count). The van der Waals surface area contributed by atoms with Crippen LogP contribution in [0, 0.1) is 5.41 Å². The number of nitrogens with one attached hydrogen (secondary N) is 2. The number of aliphatic hydroxyl groups excluding tert-OH is 1. The topological polar surface area (TPSA) is 75.1 Å². The van der Waals surface area contributed by atoms with Gasteiger partial charge in [-0.2, -0.15) is 0 Å². The van der Waals surface area contributed by atoms with Crippen molar-refractivity contribution in [1.29, 1.82) is 0 Å². The molecular weight excluding hydrogens is 517 g/mol. The highest BCUT2D eigenvalue weighted by molar-refractivity contribution is 14.0. The number of rotatable bonds is 11. The monoisotopic (exact) mass is 553 g/mol. The predicted molar refractivity (Wildman–Crippen MR) is 139 cm³/mol. The normalized spacial score (nSPS) is 18.2. The summed E-state index contributed by atoms with van der Waals surface area (Å²) in [6.45, 7) is 7.05. The van der Waals surface area contributed by atoms with E-state index in [1.165, 1.54) is 5.56 Å². The van der Waals surface area contributed by atoms with Crippen molar-refractivity contribution in [3.63, 3.8) is 0 Å². The summed E-state index contributed by atoms with van der Waals surface area (Å²) in [5, 5.41) is 16.2. The van der Waals surface area contributed by atoms with Crippen LogP contribution in [0.15, 0.2) is 59.6 Å². The quantitative estimate of drug-likeness (QED) is 0.224. The molecule has 1 aliphatic rings. The Morgan fingerprint density at radius 1 is 1.03 bits per heavy atom. The molecule has 2 aromatic rings. The van der Waals surface area contributed by atoms with Gasteiger partial charge in [-0.1, -0.05) is 54.6 Å². The van der Waals surface area contributed by atoms with E-state index in [-0.39, 0.29) is 36.0 Å². The molecule has 1 aliphatic heterocycles. The van der Waals surface area contributed by atoms with Crippen molar-refractivity contribution in [2.45, 2.75) is 39.5 Å². The third-order valence-electron chi connectivity index (χ3n) is 5.63. The zero-order valence-corrected chi connectivity index (χ0v) is 21.2. The highest BCUT2D eigenvalue weighted by Crippen LogP contribution is 2.31. The largest absolute Gasteiger partial charge is 0.396 e. The van der Waals surface area contributed by atoms with E-state index in [1.54, 1.807) is 0 Å². The predicted octanol–water partition coefficient (Wildman–Crippen LogP) is 3.87. The molecule has 1 fully saturated rings. The van der Waals surface area contributed by atoms with Crippen molar-refractivity contribution in [2.75, 3.05) is 32.9 Å². The lowest BCUT2D eigenvalue weighted by atomic mass is 9.84. The van der Waals surface area contributed by atoms with Gasteiger partial charge in [-0.3, -0.25) is 0 Å². The van der Waals surface area contributed by atoms with Crippen LogP contribution in [0.1, 0.15) is 36.5 Å². The SMILES string of the molecule is CCNC(=NCc1ccc(COCc2ccccc2)cc1)NCC1(CCO)CCOC1.I. The van der Waals surface area contributed by atoms with E-state index in [9.17, 15) is 5.11 Å². The molecule has 1 saturated heterocycles. The number of aliphatic hydroxyl groups is 1. The van der Waals surface area contributed by atoms with Crippen molar-refractivity contribution >= 4 is 29.9 Å². The molecule has 7 heteroatoms. The van der Waals surface area contributed by atoms with Crippen molar-refractivity contribution in [3.8, 4) is 0 Å². The fourth-order valence-corrected chi connectivity index (χ4v) is 3.70. The summed E-state index contributed by atoms with van der Waals surface area (Å²) < 4.78 is 11.4. The second-order valence-electron chi connectivity index (χ2n) is 8.12. The van der Waals surface area contributed by atoms with E-state index in [0.717, 1.165) is 49.6 Å². The number of guanidine groups is 1. The molecule has 6 nitrogen and oxygen atoms in total. The Balaban J connectivity index is 0.00000363. The first kappa shape index (κ1) is 26.6. The van der Waals surface area contributed by atoms with Gasteiger partial charge in [0.2, 0.25) is 0 Å². The highest BCUT2D eigenvalue weighted by Gasteiger charge is 2.34. The number of hydrogen-bond acceptors (Lipinski definition) is 4. The lowest BCUT2D eigenvalue weighted by Gasteiger charge is -2.27. The fourth-order valence-electron chi connectivity index (χ4n) is 3.70. The highest BCUT2D eigenvalue weighted by atomic mass is 127. The summed E-state index contributed by atoms with van der Waals surface area (Å²) in [7, 11) is 0. The van der Waals surface area contributed by atoms with Gasteiger partial charge in [0.1, 0.15) is 0 Å². The van der Waals surface area contributed by atoms with Gasteiger partial charge >= 0.3 is 0 Å². The molecule has 176 valence electrons. The molecule has 32 heavy (non-hydrogen) atoms. The fraction of sp³-hybridized carbons (Fsp3) is 0.480. The molecule has 1 heterocycles. The number of halogens is 1. The van der Waals surface area contributed by atoms with E-state index < -0.39 is 0 Å². The molecule has 0 bridgehead atoms. The molecule has 0 saturated carbocycles. The minimum atomic E-state index is -0.00760. The molecule has 1 atom stereocenters. The molecule has 2 aromatic carbocycles. The van der Waals surface area contributed by atoms with Gasteiger partial charge in [-0.05, 0) is 36.5 Å². The number of nitrogens with zero attached hydrogens (tertiary/aromatic N) is 1. The maximum atomic E-state index is 9.41. The van der Waals surface area contributed by atoms with Gasteiger partial charge in [0.15, 0.2) is 5.96 Å². The lowest BCUT2D eigenvalue weighted by molar-refractivity contribution is 0.107. The van der Waals surface area contributed by atoms with Crippen molar-refractivity contribution < 1.29 is 14.6 Å². The van der Waals surface area contributed by atoms with Gasteiger partial charge < -0.3 is 25.2 Å². The van der Waals surface area contributed by atoms with E-state index in [2.05, 4.69) is 54.0 Å². The second-order valence-corrected chi connectivity index (χ2v) is 8.12. The van der Waals surface area contributed by atoms with E-state index in [4.69, 9.17) is 14.5 Å². The van der Waals surface area contributed by atoms with Crippen molar-refractivity contribution in [3.05, 3.63) is 71.3 Å². The average Bonchev–Trinajstić information content (AvgIpc) is 3.26. The smallest absolute Gasteiger partial charge is 0.191 e. The molecule has 1 unspecified atom stereocenters. The first-order valence-electron chi connectivity index (χ1n) is 11.1. The lowest BCUT2D eigenvalue weighted by Crippen LogP contribution is -2.44. The van der Waals surface area contributed by atoms with E-state index in [0.29, 0.717) is 26.4 Å². The van der Waals surface area contributed by atoms with Gasteiger partial charge in [0, 0.05) is 31.7 Å².